The molecule has 2 fully saturated rings. The van der Waals surface area contributed by atoms with Crippen molar-refractivity contribution >= 4 is 5.91 Å². The molecule has 2 rings (SSSR count). The van der Waals surface area contributed by atoms with Crippen molar-refractivity contribution in [2.75, 3.05) is 19.6 Å². The largest absolute Gasteiger partial charge is 0.336 e. The van der Waals surface area contributed by atoms with Crippen LogP contribution >= 0.6 is 0 Å². The second kappa shape index (κ2) is 7.59. The Kier molecular flexibility index (Phi) is 6.06. The van der Waals surface area contributed by atoms with Crippen LogP contribution in [0.15, 0.2) is 0 Å². The number of rotatable bonds is 4. The number of hydrogen-bond acceptors (Lipinski definition) is 3. The van der Waals surface area contributed by atoms with Gasteiger partial charge in [-0.05, 0) is 46.0 Å². The van der Waals surface area contributed by atoms with E-state index in [0.717, 1.165) is 38.8 Å². The first-order valence-electron chi connectivity index (χ1n) is 8.85. The maximum atomic E-state index is 12.8. The summed E-state index contributed by atoms with van der Waals surface area (Å²) >= 11 is 0. The van der Waals surface area contributed by atoms with Gasteiger partial charge in [-0.2, -0.15) is 0 Å². The SMILES string of the molecule is CCC1CN(CC(=O)N2C(C)CCCC2C)C(CC)CN1. The van der Waals surface area contributed by atoms with Crippen LogP contribution in [0.4, 0.5) is 0 Å². The molecule has 4 heteroatoms. The molecule has 21 heavy (non-hydrogen) atoms. The van der Waals surface area contributed by atoms with E-state index < -0.39 is 0 Å². The van der Waals surface area contributed by atoms with Crippen molar-refractivity contribution in [3.8, 4) is 0 Å². The van der Waals surface area contributed by atoms with Crippen molar-refractivity contribution in [2.45, 2.75) is 84.0 Å². The number of carbonyl (C=O) groups is 1. The Morgan fingerprint density at radius 3 is 2.38 bits per heavy atom. The summed E-state index contributed by atoms with van der Waals surface area (Å²) in [5.41, 5.74) is 0. The van der Waals surface area contributed by atoms with E-state index in [9.17, 15) is 4.79 Å². The van der Waals surface area contributed by atoms with Crippen LogP contribution in [-0.4, -0.2) is 59.5 Å². The van der Waals surface area contributed by atoms with E-state index in [2.05, 4.69) is 42.8 Å². The van der Waals surface area contributed by atoms with Crippen molar-refractivity contribution in [1.82, 2.24) is 15.1 Å². The molecule has 0 bridgehead atoms. The van der Waals surface area contributed by atoms with Gasteiger partial charge >= 0.3 is 0 Å². The molecule has 2 aliphatic heterocycles. The van der Waals surface area contributed by atoms with Gasteiger partial charge in [-0.25, -0.2) is 0 Å². The summed E-state index contributed by atoms with van der Waals surface area (Å²) in [6, 6.07) is 1.86. The van der Waals surface area contributed by atoms with E-state index in [-0.39, 0.29) is 0 Å². The first-order chi connectivity index (χ1) is 10.1. The Bertz CT molecular complexity index is 337. The van der Waals surface area contributed by atoms with Crippen LogP contribution in [0.5, 0.6) is 0 Å². The number of likely N-dealkylation sites (tertiary alicyclic amines) is 1. The highest BCUT2D eigenvalue weighted by molar-refractivity contribution is 5.79. The standard InChI is InChI=1S/C17H33N3O/c1-5-15-11-19(16(6-2)10-18-15)12-17(21)20-13(3)8-7-9-14(20)4/h13-16,18H,5-12H2,1-4H3. The Labute approximate surface area is 130 Å². The van der Waals surface area contributed by atoms with Gasteiger partial charge in [-0.15, -0.1) is 0 Å². The van der Waals surface area contributed by atoms with Gasteiger partial charge in [0.1, 0.15) is 0 Å². The summed E-state index contributed by atoms with van der Waals surface area (Å²) in [4.78, 5) is 17.4. The first-order valence-corrected chi connectivity index (χ1v) is 8.85. The zero-order chi connectivity index (χ0) is 15.4. The van der Waals surface area contributed by atoms with Crippen LogP contribution in [0.2, 0.25) is 0 Å². The molecular formula is C17H33N3O. The van der Waals surface area contributed by atoms with Crippen LogP contribution in [0.1, 0.15) is 59.8 Å². The number of nitrogens with one attached hydrogen (secondary N) is 1. The van der Waals surface area contributed by atoms with Crippen molar-refractivity contribution in [1.29, 1.82) is 0 Å². The molecule has 2 saturated heterocycles. The molecule has 0 aromatic rings. The van der Waals surface area contributed by atoms with Crippen LogP contribution in [0.3, 0.4) is 0 Å². The number of amides is 1. The van der Waals surface area contributed by atoms with Gasteiger partial charge in [0.05, 0.1) is 6.54 Å². The molecule has 4 atom stereocenters. The lowest BCUT2D eigenvalue weighted by molar-refractivity contribution is -0.139. The number of carbonyl (C=O) groups excluding carboxylic acids is 1. The molecule has 2 heterocycles. The van der Waals surface area contributed by atoms with E-state index in [4.69, 9.17) is 0 Å². The van der Waals surface area contributed by atoms with Gasteiger partial charge in [-0.3, -0.25) is 9.69 Å². The van der Waals surface area contributed by atoms with Crippen molar-refractivity contribution < 1.29 is 4.79 Å². The van der Waals surface area contributed by atoms with Crippen molar-refractivity contribution in [3.05, 3.63) is 0 Å². The minimum absolute atomic E-state index is 0.338. The lowest BCUT2D eigenvalue weighted by atomic mass is 9.97. The molecule has 1 N–H and O–H groups in total. The molecular weight excluding hydrogens is 262 g/mol. The highest BCUT2D eigenvalue weighted by atomic mass is 16.2. The van der Waals surface area contributed by atoms with Gasteiger partial charge in [0.25, 0.3) is 0 Å². The van der Waals surface area contributed by atoms with E-state index in [1.165, 1.54) is 6.42 Å². The Morgan fingerprint density at radius 1 is 1.14 bits per heavy atom. The molecule has 0 saturated carbocycles. The second-order valence-corrected chi connectivity index (χ2v) is 6.93. The average molecular weight is 295 g/mol. The molecule has 0 spiro atoms. The predicted octanol–water partition coefficient (Wildman–Crippen LogP) is 2.24. The smallest absolute Gasteiger partial charge is 0.237 e. The molecule has 4 nitrogen and oxygen atoms in total. The monoisotopic (exact) mass is 295 g/mol. The fourth-order valence-electron chi connectivity index (χ4n) is 3.97. The van der Waals surface area contributed by atoms with E-state index in [1.54, 1.807) is 0 Å². The van der Waals surface area contributed by atoms with Gasteiger partial charge in [0.15, 0.2) is 0 Å². The quantitative estimate of drug-likeness (QED) is 0.864. The third kappa shape index (κ3) is 3.98. The molecule has 0 aromatic carbocycles. The third-order valence-corrected chi connectivity index (χ3v) is 5.40. The van der Waals surface area contributed by atoms with Crippen LogP contribution in [0.25, 0.3) is 0 Å². The average Bonchev–Trinajstić information content (AvgIpc) is 2.47. The number of hydrogen-bond donors (Lipinski definition) is 1. The highest BCUT2D eigenvalue weighted by Gasteiger charge is 2.33. The van der Waals surface area contributed by atoms with Crippen molar-refractivity contribution in [2.24, 2.45) is 0 Å². The second-order valence-electron chi connectivity index (χ2n) is 6.93. The molecule has 0 aliphatic carbocycles. The molecule has 122 valence electrons. The van der Waals surface area contributed by atoms with Crippen LogP contribution in [-0.2, 0) is 4.79 Å². The highest BCUT2D eigenvalue weighted by Crippen LogP contribution is 2.23. The molecule has 0 radical (unpaired) electrons. The van der Waals surface area contributed by atoms with Crippen LogP contribution < -0.4 is 5.32 Å². The maximum absolute atomic E-state index is 12.8. The van der Waals surface area contributed by atoms with E-state index in [0.29, 0.717) is 36.6 Å². The fraction of sp³-hybridized carbons (Fsp3) is 0.941. The van der Waals surface area contributed by atoms with Gasteiger partial charge in [-0.1, -0.05) is 13.8 Å². The summed E-state index contributed by atoms with van der Waals surface area (Å²) in [5, 5.41) is 3.60. The summed E-state index contributed by atoms with van der Waals surface area (Å²) in [6.07, 6.45) is 5.83. The summed E-state index contributed by atoms with van der Waals surface area (Å²) < 4.78 is 0. The summed E-state index contributed by atoms with van der Waals surface area (Å²) in [6.45, 7) is 11.5. The normalized spacial score (nSPS) is 35.0. The summed E-state index contributed by atoms with van der Waals surface area (Å²) in [7, 11) is 0. The zero-order valence-electron chi connectivity index (χ0n) is 14.3. The van der Waals surface area contributed by atoms with Gasteiger partial charge in [0, 0.05) is 37.3 Å². The minimum atomic E-state index is 0.338. The lowest BCUT2D eigenvalue weighted by Crippen LogP contribution is -2.59. The molecule has 2 aliphatic rings. The molecule has 1 amide bonds. The number of piperidine rings is 1. The zero-order valence-corrected chi connectivity index (χ0v) is 14.3. The first kappa shape index (κ1) is 16.8. The fourth-order valence-corrected chi connectivity index (χ4v) is 3.97. The third-order valence-electron chi connectivity index (χ3n) is 5.40. The Hall–Kier alpha value is -0.610. The molecule has 4 unspecified atom stereocenters. The number of piperazine rings is 1. The summed E-state index contributed by atoms with van der Waals surface area (Å²) in [5.74, 6) is 0.338. The molecule has 0 aromatic heterocycles. The van der Waals surface area contributed by atoms with Gasteiger partial charge in [0.2, 0.25) is 5.91 Å². The van der Waals surface area contributed by atoms with E-state index in [1.807, 2.05) is 0 Å². The predicted molar refractivity (Wildman–Crippen MR) is 87.4 cm³/mol. The Balaban J connectivity index is 1.98. The van der Waals surface area contributed by atoms with Crippen molar-refractivity contribution in [3.63, 3.8) is 0 Å². The van der Waals surface area contributed by atoms with E-state index >= 15 is 0 Å². The van der Waals surface area contributed by atoms with Crippen LogP contribution in [0, 0.1) is 0 Å². The number of nitrogens with zero attached hydrogens (tertiary/aromatic N) is 2. The minimum Gasteiger partial charge on any atom is -0.336 e. The Morgan fingerprint density at radius 2 is 1.81 bits per heavy atom. The lowest BCUT2D eigenvalue weighted by Gasteiger charge is -2.43. The van der Waals surface area contributed by atoms with Gasteiger partial charge < -0.3 is 10.2 Å². The topological polar surface area (TPSA) is 35.6 Å². The maximum Gasteiger partial charge on any atom is 0.237 e.